The number of carbonyl (C=O) groups is 1. The number of hydrogen-bond acceptors (Lipinski definition) is 3. The van der Waals surface area contributed by atoms with Gasteiger partial charge in [-0.15, -0.1) is 0 Å². The van der Waals surface area contributed by atoms with E-state index in [-0.39, 0.29) is 11.6 Å². The van der Waals surface area contributed by atoms with Crippen molar-refractivity contribution in [1.82, 2.24) is 9.55 Å². The van der Waals surface area contributed by atoms with Gasteiger partial charge in [0.05, 0.1) is 0 Å². The standard InChI is InChI=1S/C18H23N3O2/c1-6-16(21-14(5)10-13(4)19-18(21)23)17(22)20-15-8-7-11(2)12(3)9-15/h7-10,16H,6H2,1-5H3,(H,20,22)/t16-/m1/s1. The van der Waals surface area contributed by atoms with Gasteiger partial charge in [0.1, 0.15) is 6.04 Å². The third kappa shape index (κ3) is 3.67. The van der Waals surface area contributed by atoms with Crippen LogP contribution in [0, 0.1) is 27.7 Å². The molecule has 0 aliphatic rings. The lowest BCUT2D eigenvalue weighted by Gasteiger charge is -2.20. The number of aromatic nitrogens is 2. The summed E-state index contributed by atoms with van der Waals surface area (Å²) in [5, 5.41) is 2.90. The van der Waals surface area contributed by atoms with Gasteiger partial charge in [-0.05, 0) is 63.4 Å². The normalized spacial score (nSPS) is 12.0. The molecule has 1 aromatic heterocycles. The lowest BCUT2D eigenvalue weighted by atomic mass is 10.1. The molecule has 0 fully saturated rings. The number of benzene rings is 1. The maximum absolute atomic E-state index is 12.6. The minimum absolute atomic E-state index is 0.202. The van der Waals surface area contributed by atoms with Gasteiger partial charge in [0.25, 0.3) is 0 Å². The van der Waals surface area contributed by atoms with Crippen LogP contribution in [0.2, 0.25) is 0 Å². The molecule has 0 unspecified atom stereocenters. The first-order chi connectivity index (χ1) is 10.8. The second-order valence-electron chi connectivity index (χ2n) is 5.90. The zero-order valence-corrected chi connectivity index (χ0v) is 14.3. The molecular weight excluding hydrogens is 290 g/mol. The van der Waals surface area contributed by atoms with E-state index in [2.05, 4.69) is 10.3 Å². The maximum Gasteiger partial charge on any atom is 0.348 e. The van der Waals surface area contributed by atoms with Crippen LogP contribution in [0.4, 0.5) is 5.69 Å². The highest BCUT2D eigenvalue weighted by atomic mass is 16.2. The first-order valence-electron chi connectivity index (χ1n) is 7.78. The molecule has 0 bridgehead atoms. The molecule has 0 aliphatic heterocycles. The Morgan fingerprint density at radius 3 is 2.43 bits per heavy atom. The third-order valence-electron chi connectivity index (χ3n) is 4.05. The van der Waals surface area contributed by atoms with Crippen molar-refractivity contribution in [2.45, 2.75) is 47.1 Å². The van der Waals surface area contributed by atoms with Gasteiger partial charge in [-0.25, -0.2) is 4.79 Å². The van der Waals surface area contributed by atoms with Crippen LogP contribution in [0.5, 0.6) is 0 Å². The van der Waals surface area contributed by atoms with E-state index >= 15 is 0 Å². The quantitative estimate of drug-likeness (QED) is 0.943. The van der Waals surface area contributed by atoms with Crippen LogP contribution < -0.4 is 11.0 Å². The molecule has 122 valence electrons. The fourth-order valence-corrected chi connectivity index (χ4v) is 2.67. The van der Waals surface area contributed by atoms with Crippen LogP contribution in [-0.4, -0.2) is 15.5 Å². The van der Waals surface area contributed by atoms with Gasteiger partial charge in [0, 0.05) is 17.1 Å². The second kappa shape index (κ2) is 6.77. The Morgan fingerprint density at radius 1 is 1.17 bits per heavy atom. The number of hydrogen-bond donors (Lipinski definition) is 1. The van der Waals surface area contributed by atoms with Crippen LogP contribution in [0.1, 0.15) is 41.9 Å². The average molecular weight is 313 g/mol. The largest absolute Gasteiger partial charge is 0.348 e. The Bertz CT molecular complexity index is 793. The Labute approximate surface area is 136 Å². The molecular formula is C18H23N3O2. The van der Waals surface area contributed by atoms with Crippen LogP contribution in [-0.2, 0) is 4.79 Å². The Kier molecular flexibility index (Phi) is 4.98. The molecule has 1 heterocycles. The van der Waals surface area contributed by atoms with Crippen molar-refractivity contribution in [2.75, 3.05) is 5.32 Å². The zero-order valence-electron chi connectivity index (χ0n) is 14.3. The fourth-order valence-electron chi connectivity index (χ4n) is 2.67. The molecule has 2 rings (SSSR count). The SMILES string of the molecule is CC[C@H](C(=O)Nc1ccc(C)c(C)c1)n1c(C)cc(C)nc1=O. The van der Waals surface area contributed by atoms with Crippen molar-refractivity contribution in [1.29, 1.82) is 0 Å². The van der Waals surface area contributed by atoms with E-state index in [1.165, 1.54) is 10.1 Å². The number of carbonyl (C=O) groups excluding carboxylic acids is 1. The van der Waals surface area contributed by atoms with E-state index in [0.29, 0.717) is 12.1 Å². The van der Waals surface area contributed by atoms with E-state index in [9.17, 15) is 9.59 Å². The summed E-state index contributed by atoms with van der Waals surface area (Å²) in [5.74, 6) is -0.202. The van der Waals surface area contributed by atoms with Crippen molar-refractivity contribution in [3.63, 3.8) is 0 Å². The number of nitrogens with zero attached hydrogens (tertiary/aromatic N) is 2. The predicted octanol–water partition coefficient (Wildman–Crippen LogP) is 3.07. The molecule has 1 aromatic carbocycles. The van der Waals surface area contributed by atoms with E-state index in [1.54, 1.807) is 6.92 Å². The first-order valence-corrected chi connectivity index (χ1v) is 7.78. The molecule has 23 heavy (non-hydrogen) atoms. The van der Waals surface area contributed by atoms with Gasteiger partial charge in [-0.3, -0.25) is 9.36 Å². The lowest BCUT2D eigenvalue weighted by molar-refractivity contribution is -0.119. The summed E-state index contributed by atoms with van der Waals surface area (Å²) in [4.78, 5) is 28.8. The molecule has 0 saturated heterocycles. The smallest absolute Gasteiger partial charge is 0.324 e. The highest BCUT2D eigenvalue weighted by molar-refractivity contribution is 5.93. The van der Waals surface area contributed by atoms with Crippen molar-refractivity contribution >= 4 is 11.6 Å². The molecule has 0 radical (unpaired) electrons. The number of nitrogens with one attached hydrogen (secondary N) is 1. The molecule has 0 aliphatic carbocycles. The highest BCUT2D eigenvalue weighted by Crippen LogP contribution is 2.18. The molecule has 1 atom stereocenters. The number of amides is 1. The molecule has 0 spiro atoms. The van der Waals surface area contributed by atoms with Gasteiger partial charge >= 0.3 is 5.69 Å². The van der Waals surface area contributed by atoms with Crippen LogP contribution in [0.3, 0.4) is 0 Å². The zero-order chi connectivity index (χ0) is 17.1. The van der Waals surface area contributed by atoms with Crippen molar-refractivity contribution in [3.8, 4) is 0 Å². The fraction of sp³-hybridized carbons (Fsp3) is 0.389. The maximum atomic E-state index is 12.6. The lowest BCUT2D eigenvalue weighted by Crippen LogP contribution is -2.36. The second-order valence-corrected chi connectivity index (χ2v) is 5.90. The monoisotopic (exact) mass is 313 g/mol. The van der Waals surface area contributed by atoms with Gasteiger partial charge < -0.3 is 5.32 Å². The van der Waals surface area contributed by atoms with Crippen LogP contribution >= 0.6 is 0 Å². The highest BCUT2D eigenvalue weighted by Gasteiger charge is 2.22. The summed E-state index contributed by atoms with van der Waals surface area (Å²) < 4.78 is 1.46. The molecule has 5 heteroatoms. The average Bonchev–Trinajstić information content (AvgIpc) is 2.46. The predicted molar refractivity (Wildman–Crippen MR) is 91.8 cm³/mol. The summed E-state index contributed by atoms with van der Waals surface area (Å²) >= 11 is 0. The number of aryl methyl sites for hydroxylation is 4. The Morgan fingerprint density at radius 2 is 1.87 bits per heavy atom. The third-order valence-corrected chi connectivity index (χ3v) is 4.05. The number of rotatable bonds is 4. The van der Waals surface area contributed by atoms with Gasteiger partial charge in [-0.2, -0.15) is 4.98 Å². The number of anilines is 1. The van der Waals surface area contributed by atoms with Gasteiger partial charge in [0.15, 0.2) is 0 Å². The summed E-state index contributed by atoms with van der Waals surface area (Å²) in [6.07, 6.45) is 0.516. The summed E-state index contributed by atoms with van der Waals surface area (Å²) in [7, 11) is 0. The van der Waals surface area contributed by atoms with Crippen molar-refractivity contribution in [3.05, 3.63) is 57.3 Å². The summed E-state index contributed by atoms with van der Waals surface area (Å²) in [5.41, 5.74) is 4.04. The van der Waals surface area contributed by atoms with Gasteiger partial charge in [-0.1, -0.05) is 13.0 Å². The molecule has 5 nitrogen and oxygen atoms in total. The Balaban J connectivity index is 2.32. The molecule has 1 N–H and O–H groups in total. The Hall–Kier alpha value is -2.43. The molecule has 1 amide bonds. The minimum Gasteiger partial charge on any atom is -0.324 e. The first kappa shape index (κ1) is 16.9. The van der Waals surface area contributed by atoms with E-state index in [4.69, 9.17) is 0 Å². The molecule has 2 aromatic rings. The summed E-state index contributed by atoms with van der Waals surface area (Å²) in [6.45, 7) is 9.50. The van der Waals surface area contributed by atoms with Crippen molar-refractivity contribution < 1.29 is 4.79 Å². The van der Waals surface area contributed by atoms with Crippen molar-refractivity contribution in [2.24, 2.45) is 0 Å². The topological polar surface area (TPSA) is 64.0 Å². The van der Waals surface area contributed by atoms with E-state index < -0.39 is 6.04 Å². The minimum atomic E-state index is -0.572. The van der Waals surface area contributed by atoms with E-state index in [1.807, 2.05) is 52.0 Å². The van der Waals surface area contributed by atoms with Gasteiger partial charge in [0.2, 0.25) is 5.91 Å². The van der Waals surface area contributed by atoms with Crippen LogP contribution in [0.15, 0.2) is 29.1 Å². The molecule has 0 saturated carbocycles. The summed E-state index contributed by atoms with van der Waals surface area (Å²) in [6, 6.07) is 7.01. The van der Waals surface area contributed by atoms with Crippen LogP contribution in [0.25, 0.3) is 0 Å². The van der Waals surface area contributed by atoms with E-state index in [0.717, 1.165) is 16.9 Å².